The van der Waals surface area contributed by atoms with E-state index in [1.807, 2.05) is 24.3 Å². The highest BCUT2D eigenvalue weighted by molar-refractivity contribution is 5.91. The van der Waals surface area contributed by atoms with Crippen molar-refractivity contribution in [3.63, 3.8) is 0 Å². The molecule has 0 aliphatic heterocycles. The van der Waals surface area contributed by atoms with Gasteiger partial charge in [-0.1, -0.05) is 35.9 Å². The van der Waals surface area contributed by atoms with Gasteiger partial charge in [0.1, 0.15) is 0 Å². The largest absolute Gasteiger partial charge is 0.324 e. The SMILES string of the molecule is Cc1ccc(CCC(=O)Nc2nc3ccccc3[nH]2)c(C)c1. The van der Waals surface area contributed by atoms with E-state index < -0.39 is 0 Å². The fourth-order valence-electron chi connectivity index (χ4n) is 2.58. The summed E-state index contributed by atoms with van der Waals surface area (Å²) in [6, 6.07) is 14.0. The third kappa shape index (κ3) is 3.17. The van der Waals surface area contributed by atoms with Crippen LogP contribution in [0.4, 0.5) is 5.95 Å². The maximum Gasteiger partial charge on any atom is 0.227 e. The Morgan fingerprint density at radius 1 is 1.18 bits per heavy atom. The number of nitrogens with one attached hydrogen (secondary N) is 2. The third-order valence-corrected chi connectivity index (χ3v) is 3.77. The summed E-state index contributed by atoms with van der Waals surface area (Å²) in [6.07, 6.45) is 1.18. The van der Waals surface area contributed by atoms with Crippen molar-refractivity contribution >= 4 is 22.9 Å². The van der Waals surface area contributed by atoms with E-state index in [4.69, 9.17) is 0 Å². The number of fused-ring (bicyclic) bond motifs is 1. The smallest absolute Gasteiger partial charge is 0.227 e. The van der Waals surface area contributed by atoms with Gasteiger partial charge in [-0.05, 0) is 43.5 Å². The molecular weight excluding hydrogens is 274 g/mol. The Bertz CT molecular complexity index is 787. The lowest BCUT2D eigenvalue weighted by molar-refractivity contribution is -0.116. The Morgan fingerprint density at radius 3 is 2.77 bits per heavy atom. The molecule has 1 heterocycles. The van der Waals surface area contributed by atoms with Gasteiger partial charge in [0.25, 0.3) is 0 Å². The number of carbonyl (C=O) groups excluding carboxylic acids is 1. The number of rotatable bonds is 4. The average Bonchev–Trinajstić information content (AvgIpc) is 2.88. The highest BCUT2D eigenvalue weighted by Crippen LogP contribution is 2.15. The van der Waals surface area contributed by atoms with Gasteiger partial charge in [0, 0.05) is 6.42 Å². The molecule has 0 radical (unpaired) electrons. The lowest BCUT2D eigenvalue weighted by Crippen LogP contribution is -2.13. The predicted octanol–water partition coefficient (Wildman–Crippen LogP) is 3.75. The first-order chi connectivity index (χ1) is 10.6. The summed E-state index contributed by atoms with van der Waals surface area (Å²) in [4.78, 5) is 19.5. The van der Waals surface area contributed by atoms with E-state index in [1.165, 1.54) is 16.7 Å². The summed E-state index contributed by atoms with van der Waals surface area (Å²) in [7, 11) is 0. The Morgan fingerprint density at radius 2 is 2.00 bits per heavy atom. The summed E-state index contributed by atoms with van der Waals surface area (Å²) in [6.45, 7) is 4.16. The zero-order chi connectivity index (χ0) is 15.5. The van der Waals surface area contributed by atoms with Crippen molar-refractivity contribution in [1.29, 1.82) is 0 Å². The van der Waals surface area contributed by atoms with Crippen LogP contribution in [0, 0.1) is 13.8 Å². The van der Waals surface area contributed by atoms with Crippen molar-refractivity contribution in [2.75, 3.05) is 5.32 Å². The Labute approximate surface area is 129 Å². The van der Waals surface area contributed by atoms with E-state index >= 15 is 0 Å². The summed E-state index contributed by atoms with van der Waals surface area (Å²) in [5, 5.41) is 2.83. The zero-order valence-corrected chi connectivity index (χ0v) is 12.8. The lowest BCUT2D eigenvalue weighted by atomic mass is 10.0. The van der Waals surface area contributed by atoms with Crippen LogP contribution in [-0.4, -0.2) is 15.9 Å². The summed E-state index contributed by atoms with van der Waals surface area (Å²) >= 11 is 0. The summed E-state index contributed by atoms with van der Waals surface area (Å²) in [5.41, 5.74) is 5.47. The molecule has 0 unspecified atom stereocenters. The highest BCUT2D eigenvalue weighted by atomic mass is 16.1. The fourth-order valence-corrected chi connectivity index (χ4v) is 2.58. The van der Waals surface area contributed by atoms with Crippen molar-refractivity contribution in [2.24, 2.45) is 0 Å². The number of aromatic amines is 1. The van der Waals surface area contributed by atoms with Crippen LogP contribution in [-0.2, 0) is 11.2 Å². The molecule has 0 spiro atoms. The number of aryl methyl sites for hydroxylation is 3. The molecule has 4 heteroatoms. The molecule has 0 saturated heterocycles. The van der Waals surface area contributed by atoms with E-state index in [1.54, 1.807) is 0 Å². The zero-order valence-electron chi connectivity index (χ0n) is 12.8. The fraction of sp³-hybridized carbons (Fsp3) is 0.222. The molecule has 0 aliphatic carbocycles. The van der Waals surface area contributed by atoms with Crippen molar-refractivity contribution in [2.45, 2.75) is 26.7 Å². The molecule has 3 aromatic rings. The maximum atomic E-state index is 12.1. The van der Waals surface area contributed by atoms with Crippen LogP contribution in [0.5, 0.6) is 0 Å². The average molecular weight is 293 g/mol. The Hall–Kier alpha value is -2.62. The standard InChI is InChI=1S/C18H19N3O/c1-12-7-8-14(13(2)11-12)9-10-17(22)21-18-19-15-5-3-4-6-16(15)20-18/h3-8,11H,9-10H2,1-2H3,(H2,19,20,21,22). The van der Waals surface area contributed by atoms with Gasteiger partial charge >= 0.3 is 0 Å². The number of H-pyrrole nitrogens is 1. The van der Waals surface area contributed by atoms with Gasteiger partial charge in [-0.2, -0.15) is 0 Å². The van der Waals surface area contributed by atoms with Crippen LogP contribution in [0.3, 0.4) is 0 Å². The van der Waals surface area contributed by atoms with Crippen molar-refractivity contribution < 1.29 is 4.79 Å². The molecule has 0 aliphatic rings. The number of para-hydroxylation sites is 2. The first-order valence-corrected chi connectivity index (χ1v) is 7.42. The van der Waals surface area contributed by atoms with Crippen molar-refractivity contribution in [1.82, 2.24) is 9.97 Å². The molecule has 4 nitrogen and oxygen atoms in total. The molecule has 1 amide bonds. The minimum absolute atomic E-state index is 0.0287. The van der Waals surface area contributed by atoms with Crippen LogP contribution in [0.1, 0.15) is 23.1 Å². The van der Waals surface area contributed by atoms with Gasteiger partial charge in [0.15, 0.2) is 0 Å². The molecule has 1 aromatic heterocycles. The second-order valence-electron chi connectivity index (χ2n) is 5.58. The van der Waals surface area contributed by atoms with Crippen LogP contribution in [0.2, 0.25) is 0 Å². The quantitative estimate of drug-likeness (QED) is 0.769. The predicted molar refractivity (Wildman–Crippen MR) is 89.0 cm³/mol. The minimum Gasteiger partial charge on any atom is -0.324 e. The molecule has 2 aromatic carbocycles. The number of hydrogen-bond acceptors (Lipinski definition) is 2. The highest BCUT2D eigenvalue weighted by Gasteiger charge is 2.08. The minimum atomic E-state index is -0.0287. The van der Waals surface area contributed by atoms with Gasteiger partial charge in [-0.3, -0.25) is 10.1 Å². The number of amides is 1. The topological polar surface area (TPSA) is 57.8 Å². The molecule has 0 saturated carbocycles. The van der Waals surface area contributed by atoms with Crippen LogP contribution in [0.25, 0.3) is 11.0 Å². The number of nitrogens with zero attached hydrogens (tertiary/aromatic N) is 1. The summed E-state index contributed by atoms with van der Waals surface area (Å²) < 4.78 is 0. The number of hydrogen-bond donors (Lipinski definition) is 2. The van der Waals surface area contributed by atoms with E-state index in [-0.39, 0.29) is 5.91 Å². The van der Waals surface area contributed by atoms with E-state index in [2.05, 4.69) is 47.3 Å². The molecule has 0 fully saturated rings. The third-order valence-electron chi connectivity index (χ3n) is 3.77. The number of carbonyl (C=O) groups is 1. The van der Waals surface area contributed by atoms with Crippen LogP contribution >= 0.6 is 0 Å². The summed E-state index contributed by atoms with van der Waals surface area (Å²) in [5.74, 6) is 0.478. The number of aromatic nitrogens is 2. The number of benzene rings is 2. The molecule has 0 bridgehead atoms. The lowest BCUT2D eigenvalue weighted by Gasteiger charge is -2.06. The normalized spacial score (nSPS) is 10.8. The first kappa shape index (κ1) is 14.3. The second kappa shape index (κ2) is 6.02. The maximum absolute atomic E-state index is 12.1. The van der Waals surface area contributed by atoms with Crippen LogP contribution < -0.4 is 5.32 Å². The Kier molecular flexibility index (Phi) is 3.92. The van der Waals surface area contributed by atoms with E-state index in [0.717, 1.165) is 17.5 Å². The molecule has 22 heavy (non-hydrogen) atoms. The first-order valence-electron chi connectivity index (χ1n) is 7.42. The van der Waals surface area contributed by atoms with Crippen molar-refractivity contribution in [3.8, 4) is 0 Å². The molecule has 112 valence electrons. The Balaban J connectivity index is 1.62. The second-order valence-corrected chi connectivity index (χ2v) is 5.58. The molecule has 2 N–H and O–H groups in total. The van der Waals surface area contributed by atoms with Crippen molar-refractivity contribution in [3.05, 3.63) is 59.2 Å². The van der Waals surface area contributed by atoms with Gasteiger partial charge in [0.2, 0.25) is 11.9 Å². The number of anilines is 1. The van der Waals surface area contributed by atoms with E-state index in [9.17, 15) is 4.79 Å². The van der Waals surface area contributed by atoms with Crippen LogP contribution in [0.15, 0.2) is 42.5 Å². The van der Waals surface area contributed by atoms with Gasteiger partial charge in [-0.15, -0.1) is 0 Å². The van der Waals surface area contributed by atoms with Gasteiger partial charge < -0.3 is 4.98 Å². The monoisotopic (exact) mass is 293 g/mol. The molecule has 0 atom stereocenters. The van der Waals surface area contributed by atoms with E-state index in [0.29, 0.717) is 12.4 Å². The molecular formula is C18H19N3O. The number of imidazole rings is 1. The van der Waals surface area contributed by atoms with Gasteiger partial charge in [0.05, 0.1) is 11.0 Å². The van der Waals surface area contributed by atoms with Gasteiger partial charge in [-0.25, -0.2) is 4.98 Å². The molecule has 3 rings (SSSR count).